The van der Waals surface area contributed by atoms with Crippen molar-refractivity contribution < 1.29 is 13.5 Å². The summed E-state index contributed by atoms with van der Waals surface area (Å²) < 4.78 is 25.4. The molecule has 0 rings (SSSR count). The molecule has 0 fully saturated rings. The SMILES string of the molecule is C[C@@H](O)CCCS(=O)(=O)NC(C)(C)C. The van der Waals surface area contributed by atoms with Crippen LogP contribution in [-0.2, 0) is 10.0 Å². The van der Waals surface area contributed by atoms with Gasteiger partial charge >= 0.3 is 0 Å². The zero-order valence-corrected chi connectivity index (χ0v) is 10.2. The summed E-state index contributed by atoms with van der Waals surface area (Å²) in [6, 6.07) is 0. The predicted octanol–water partition coefficient (Wildman–Crippen LogP) is 0.865. The smallest absolute Gasteiger partial charge is 0.212 e. The van der Waals surface area contributed by atoms with Gasteiger partial charge in [0.05, 0.1) is 11.9 Å². The standard InChI is InChI=1S/C9H21NO3S/c1-8(11)6-5-7-14(12,13)10-9(2,3)4/h8,10-11H,5-7H2,1-4H3/t8-/m1/s1. The molecule has 0 saturated heterocycles. The van der Waals surface area contributed by atoms with Crippen LogP contribution in [0.1, 0.15) is 40.5 Å². The van der Waals surface area contributed by atoms with E-state index in [1.807, 2.05) is 0 Å². The van der Waals surface area contributed by atoms with Gasteiger partial charge in [0.2, 0.25) is 10.0 Å². The van der Waals surface area contributed by atoms with E-state index in [4.69, 9.17) is 5.11 Å². The van der Waals surface area contributed by atoms with E-state index in [-0.39, 0.29) is 5.75 Å². The second kappa shape index (κ2) is 5.09. The fourth-order valence-corrected chi connectivity index (χ4v) is 2.67. The molecule has 0 aromatic carbocycles. The van der Waals surface area contributed by atoms with E-state index in [1.165, 1.54) is 0 Å². The summed E-state index contributed by atoms with van der Waals surface area (Å²) in [6.45, 7) is 7.07. The maximum Gasteiger partial charge on any atom is 0.212 e. The summed E-state index contributed by atoms with van der Waals surface area (Å²) in [5.74, 6) is 0.0785. The number of hydrogen-bond donors (Lipinski definition) is 2. The van der Waals surface area contributed by atoms with Gasteiger partial charge in [0.15, 0.2) is 0 Å². The Hall–Kier alpha value is -0.130. The molecule has 0 amide bonds. The van der Waals surface area contributed by atoms with Crippen molar-refractivity contribution in [1.29, 1.82) is 0 Å². The molecule has 0 unspecified atom stereocenters. The molecule has 0 spiro atoms. The zero-order chi connectivity index (χ0) is 11.4. The van der Waals surface area contributed by atoms with Crippen LogP contribution in [0.5, 0.6) is 0 Å². The summed E-state index contributed by atoms with van der Waals surface area (Å²) in [6.07, 6.45) is 0.577. The first-order chi connectivity index (χ1) is 6.12. The van der Waals surface area contributed by atoms with Crippen molar-refractivity contribution in [2.45, 2.75) is 52.2 Å². The quantitative estimate of drug-likeness (QED) is 0.726. The Labute approximate surface area is 86.8 Å². The summed E-state index contributed by atoms with van der Waals surface area (Å²) >= 11 is 0. The summed E-state index contributed by atoms with van der Waals surface area (Å²) in [5, 5.41) is 8.97. The van der Waals surface area contributed by atoms with Gasteiger partial charge < -0.3 is 5.11 Å². The van der Waals surface area contributed by atoms with E-state index >= 15 is 0 Å². The van der Waals surface area contributed by atoms with Gasteiger partial charge in [-0.1, -0.05) is 0 Å². The lowest BCUT2D eigenvalue weighted by Gasteiger charge is -2.20. The van der Waals surface area contributed by atoms with Crippen molar-refractivity contribution in [2.24, 2.45) is 0 Å². The molecule has 0 aliphatic carbocycles. The molecule has 0 aliphatic heterocycles. The van der Waals surface area contributed by atoms with Gasteiger partial charge in [-0.25, -0.2) is 13.1 Å². The van der Waals surface area contributed by atoms with Gasteiger partial charge in [-0.05, 0) is 40.5 Å². The van der Waals surface area contributed by atoms with Crippen molar-refractivity contribution >= 4 is 10.0 Å². The summed E-state index contributed by atoms with van der Waals surface area (Å²) in [5.41, 5.74) is -0.427. The van der Waals surface area contributed by atoms with E-state index in [2.05, 4.69) is 4.72 Å². The highest BCUT2D eigenvalue weighted by Gasteiger charge is 2.19. The van der Waals surface area contributed by atoms with Crippen molar-refractivity contribution in [1.82, 2.24) is 4.72 Å². The van der Waals surface area contributed by atoms with Crippen LogP contribution in [0.25, 0.3) is 0 Å². The highest BCUT2D eigenvalue weighted by atomic mass is 32.2. The molecular weight excluding hydrogens is 202 g/mol. The molecule has 0 heterocycles. The minimum Gasteiger partial charge on any atom is -0.393 e. The van der Waals surface area contributed by atoms with Crippen LogP contribution in [0, 0.1) is 0 Å². The van der Waals surface area contributed by atoms with Gasteiger partial charge in [-0.2, -0.15) is 0 Å². The molecular formula is C9H21NO3S. The van der Waals surface area contributed by atoms with Gasteiger partial charge in [0.25, 0.3) is 0 Å². The van der Waals surface area contributed by atoms with Gasteiger partial charge in [0.1, 0.15) is 0 Å². The monoisotopic (exact) mass is 223 g/mol. The van der Waals surface area contributed by atoms with Crippen molar-refractivity contribution in [3.8, 4) is 0 Å². The van der Waals surface area contributed by atoms with Crippen LogP contribution in [-0.4, -0.2) is 30.9 Å². The molecule has 4 nitrogen and oxygen atoms in total. The number of aliphatic hydroxyl groups excluding tert-OH is 1. The first-order valence-electron chi connectivity index (χ1n) is 4.82. The third-order valence-corrected chi connectivity index (χ3v) is 3.25. The maximum absolute atomic E-state index is 11.4. The predicted molar refractivity (Wildman–Crippen MR) is 57.6 cm³/mol. The van der Waals surface area contributed by atoms with Crippen LogP contribution in [0.4, 0.5) is 0 Å². The van der Waals surface area contributed by atoms with Crippen molar-refractivity contribution in [3.63, 3.8) is 0 Å². The van der Waals surface area contributed by atoms with E-state index in [0.29, 0.717) is 12.8 Å². The highest BCUT2D eigenvalue weighted by Crippen LogP contribution is 2.05. The average molecular weight is 223 g/mol. The molecule has 0 bridgehead atoms. The lowest BCUT2D eigenvalue weighted by molar-refractivity contribution is 0.184. The first-order valence-corrected chi connectivity index (χ1v) is 6.47. The fraction of sp³-hybridized carbons (Fsp3) is 1.00. The van der Waals surface area contributed by atoms with Crippen LogP contribution in [0.2, 0.25) is 0 Å². The number of hydrogen-bond acceptors (Lipinski definition) is 3. The van der Waals surface area contributed by atoms with Gasteiger partial charge in [-0.3, -0.25) is 0 Å². The Morgan fingerprint density at radius 1 is 1.36 bits per heavy atom. The van der Waals surface area contributed by atoms with Crippen LogP contribution in [0.15, 0.2) is 0 Å². The topological polar surface area (TPSA) is 66.4 Å². The molecule has 5 heteroatoms. The lowest BCUT2D eigenvalue weighted by atomic mass is 10.1. The Morgan fingerprint density at radius 3 is 2.21 bits per heavy atom. The van der Waals surface area contributed by atoms with E-state index in [0.717, 1.165) is 0 Å². The molecule has 0 radical (unpaired) electrons. The molecule has 0 aromatic rings. The fourth-order valence-electron chi connectivity index (χ4n) is 1.09. The van der Waals surface area contributed by atoms with Gasteiger partial charge in [-0.15, -0.1) is 0 Å². The van der Waals surface area contributed by atoms with Crippen molar-refractivity contribution in [2.75, 3.05) is 5.75 Å². The zero-order valence-electron chi connectivity index (χ0n) is 9.37. The van der Waals surface area contributed by atoms with Crippen LogP contribution < -0.4 is 4.72 Å². The lowest BCUT2D eigenvalue weighted by Crippen LogP contribution is -2.41. The van der Waals surface area contributed by atoms with Crippen molar-refractivity contribution in [3.05, 3.63) is 0 Å². The Bertz CT molecular complexity index is 252. The maximum atomic E-state index is 11.4. The van der Waals surface area contributed by atoms with E-state index < -0.39 is 21.7 Å². The second-order valence-corrected chi connectivity index (χ2v) is 6.50. The van der Waals surface area contributed by atoms with E-state index in [1.54, 1.807) is 27.7 Å². The summed E-state index contributed by atoms with van der Waals surface area (Å²) in [7, 11) is -3.20. The first kappa shape index (κ1) is 13.9. The molecule has 0 aliphatic rings. The Balaban J connectivity index is 3.98. The summed E-state index contributed by atoms with van der Waals surface area (Å²) in [4.78, 5) is 0. The second-order valence-electron chi connectivity index (χ2n) is 4.66. The number of sulfonamides is 1. The Kier molecular flexibility index (Phi) is 5.05. The average Bonchev–Trinajstić information content (AvgIpc) is 1.78. The molecule has 0 saturated carbocycles. The Morgan fingerprint density at radius 2 is 1.86 bits per heavy atom. The van der Waals surface area contributed by atoms with Gasteiger partial charge in [0, 0.05) is 5.54 Å². The molecule has 1 atom stereocenters. The number of nitrogens with one attached hydrogen (secondary N) is 1. The largest absolute Gasteiger partial charge is 0.393 e. The number of aliphatic hydroxyl groups is 1. The molecule has 14 heavy (non-hydrogen) atoms. The van der Waals surface area contributed by atoms with E-state index in [9.17, 15) is 8.42 Å². The third kappa shape index (κ3) is 8.47. The number of rotatable bonds is 5. The molecule has 86 valence electrons. The normalized spacial score (nSPS) is 15.5. The molecule has 2 N–H and O–H groups in total. The van der Waals surface area contributed by atoms with Crippen LogP contribution >= 0.6 is 0 Å². The molecule has 0 aromatic heterocycles. The minimum absolute atomic E-state index is 0.0785. The minimum atomic E-state index is -3.20. The van der Waals surface area contributed by atoms with Crippen LogP contribution in [0.3, 0.4) is 0 Å². The third-order valence-electron chi connectivity index (χ3n) is 1.50. The highest BCUT2D eigenvalue weighted by molar-refractivity contribution is 7.89.